The van der Waals surface area contributed by atoms with E-state index in [1.807, 2.05) is 22.9 Å². The lowest BCUT2D eigenvalue weighted by Crippen LogP contribution is -2.36. The molecule has 0 unspecified atom stereocenters. The van der Waals surface area contributed by atoms with Crippen LogP contribution in [-0.2, 0) is 6.67 Å². The van der Waals surface area contributed by atoms with Gasteiger partial charge in [0, 0.05) is 12.5 Å². The van der Waals surface area contributed by atoms with Crippen LogP contribution >= 0.6 is 34.9 Å². The van der Waals surface area contributed by atoms with E-state index in [0.717, 1.165) is 34.2 Å². The number of hydrogen-bond acceptors (Lipinski definition) is 6. The third-order valence-corrected chi connectivity index (χ3v) is 6.63. The molecule has 1 aliphatic rings. The number of hydrogen-bond donors (Lipinski definition) is 0. The van der Waals surface area contributed by atoms with Crippen LogP contribution in [0.2, 0.25) is 0 Å². The molecular formula is C16H18N4S3. The SMILES string of the molecule is Cc1nn(CN2CCC[C@H](c3nc4ccccc4s3)C2)c(=S)s1. The molecule has 0 aliphatic carbocycles. The van der Waals surface area contributed by atoms with Crippen LogP contribution in [0.3, 0.4) is 0 Å². The fourth-order valence-corrected chi connectivity index (χ4v) is 5.29. The molecule has 3 aromatic rings. The molecule has 1 saturated heterocycles. The number of para-hydroxylation sites is 1. The number of rotatable bonds is 3. The van der Waals surface area contributed by atoms with Crippen molar-refractivity contribution < 1.29 is 0 Å². The van der Waals surface area contributed by atoms with Crippen molar-refractivity contribution in [2.24, 2.45) is 0 Å². The number of aryl methyl sites for hydroxylation is 1. The maximum absolute atomic E-state index is 5.39. The first-order valence-corrected chi connectivity index (χ1v) is 9.85. The molecule has 1 fully saturated rings. The van der Waals surface area contributed by atoms with Gasteiger partial charge >= 0.3 is 0 Å². The zero-order valence-electron chi connectivity index (χ0n) is 12.9. The molecule has 120 valence electrons. The summed E-state index contributed by atoms with van der Waals surface area (Å²) < 4.78 is 4.11. The topological polar surface area (TPSA) is 34.0 Å². The minimum Gasteiger partial charge on any atom is -0.284 e. The second-order valence-electron chi connectivity index (χ2n) is 5.96. The van der Waals surface area contributed by atoms with Crippen molar-refractivity contribution in [2.75, 3.05) is 13.1 Å². The van der Waals surface area contributed by atoms with E-state index in [0.29, 0.717) is 5.92 Å². The average Bonchev–Trinajstić information content (AvgIpc) is 3.11. The average molecular weight is 363 g/mol. The Hall–Kier alpha value is -1.15. The first-order valence-electron chi connectivity index (χ1n) is 7.81. The van der Waals surface area contributed by atoms with E-state index in [9.17, 15) is 0 Å². The third-order valence-electron chi connectivity index (χ3n) is 4.21. The van der Waals surface area contributed by atoms with Crippen molar-refractivity contribution in [1.82, 2.24) is 19.7 Å². The number of piperidine rings is 1. The third kappa shape index (κ3) is 3.24. The van der Waals surface area contributed by atoms with Gasteiger partial charge in [-0.15, -0.1) is 11.3 Å². The van der Waals surface area contributed by atoms with Crippen LogP contribution in [0.1, 0.15) is 28.8 Å². The normalized spacial score (nSPS) is 19.4. The largest absolute Gasteiger partial charge is 0.284 e. The number of benzene rings is 1. The van der Waals surface area contributed by atoms with Crippen LogP contribution in [0.4, 0.5) is 0 Å². The van der Waals surface area contributed by atoms with Crippen LogP contribution in [0.15, 0.2) is 24.3 Å². The smallest absolute Gasteiger partial charge is 0.180 e. The Morgan fingerprint density at radius 1 is 1.30 bits per heavy atom. The number of likely N-dealkylation sites (tertiary alicyclic amines) is 1. The first kappa shape index (κ1) is 15.4. The highest BCUT2D eigenvalue weighted by Crippen LogP contribution is 2.33. The summed E-state index contributed by atoms with van der Waals surface area (Å²) >= 11 is 8.82. The van der Waals surface area contributed by atoms with Gasteiger partial charge in [-0.2, -0.15) is 5.10 Å². The summed E-state index contributed by atoms with van der Waals surface area (Å²) in [6.45, 7) is 4.96. The summed E-state index contributed by atoms with van der Waals surface area (Å²) in [4.78, 5) is 7.30. The standard InChI is InChI=1S/C16H18N4S3/c1-11-18-20(16(21)22-11)10-19-8-4-5-12(9-19)15-17-13-6-2-3-7-14(13)23-15/h2-3,6-7,12H,4-5,8-10H2,1H3/t12-/m0/s1. The molecule has 1 aliphatic heterocycles. The van der Waals surface area contributed by atoms with Gasteiger partial charge in [-0.25, -0.2) is 9.67 Å². The Labute approximate surface area is 148 Å². The van der Waals surface area contributed by atoms with Crippen LogP contribution in [0.5, 0.6) is 0 Å². The van der Waals surface area contributed by atoms with Crippen molar-refractivity contribution >= 4 is 45.1 Å². The highest BCUT2D eigenvalue weighted by molar-refractivity contribution is 7.73. The van der Waals surface area contributed by atoms with E-state index in [2.05, 4.69) is 34.3 Å². The number of fused-ring (bicyclic) bond motifs is 1. The maximum atomic E-state index is 5.39. The zero-order chi connectivity index (χ0) is 15.8. The molecule has 0 amide bonds. The van der Waals surface area contributed by atoms with Gasteiger partial charge in [0.05, 0.1) is 21.9 Å². The second kappa shape index (κ2) is 6.39. The van der Waals surface area contributed by atoms with Gasteiger partial charge in [-0.05, 0) is 50.7 Å². The summed E-state index contributed by atoms with van der Waals surface area (Å²) in [6.07, 6.45) is 2.43. The molecule has 7 heteroatoms. The van der Waals surface area contributed by atoms with Crippen LogP contribution < -0.4 is 0 Å². The summed E-state index contributed by atoms with van der Waals surface area (Å²) in [5.41, 5.74) is 1.13. The number of thiazole rings is 1. The van der Waals surface area contributed by atoms with Crippen molar-refractivity contribution in [2.45, 2.75) is 32.4 Å². The molecule has 3 heterocycles. The predicted octanol–water partition coefficient (Wildman–Crippen LogP) is 4.43. The van der Waals surface area contributed by atoms with Gasteiger partial charge in [0.2, 0.25) is 0 Å². The lowest BCUT2D eigenvalue weighted by molar-refractivity contribution is 0.157. The lowest BCUT2D eigenvalue weighted by atomic mass is 9.99. The Morgan fingerprint density at radius 2 is 2.17 bits per heavy atom. The van der Waals surface area contributed by atoms with Crippen LogP contribution in [0, 0.1) is 10.9 Å². The lowest BCUT2D eigenvalue weighted by Gasteiger charge is -2.31. The fraction of sp³-hybridized carbons (Fsp3) is 0.438. The molecule has 4 nitrogen and oxygen atoms in total. The summed E-state index contributed by atoms with van der Waals surface area (Å²) in [5.74, 6) is 0.523. The van der Waals surface area contributed by atoms with Gasteiger partial charge in [0.25, 0.3) is 0 Å². The molecular weight excluding hydrogens is 344 g/mol. The Morgan fingerprint density at radius 3 is 2.96 bits per heavy atom. The predicted molar refractivity (Wildman–Crippen MR) is 98.8 cm³/mol. The highest BCUT2D eigenvalue weighted by atomic mass is 32.1. The van der Waals surface area contributed by atoms with E-state index < -0.39 is 0 Å². The van der Waals surface area contributed by atoms with E-state index in [1.165, 1.54) is 22.5 Å². The summed E-state index contributed by atoms with van der Waals surface area (Å²) in [7, 11) is 0. The van der Waals surface area contributed by atoms with E-state index in [4.69, 9.17) is 17.2 Å². The monoisotopic (exact) mass is 362 g/mol. The Balaban J connectivity index is 1.52. The first-order chi connectivity index (χ1) is 11.2. The van der Waals surface area contributed by atoms with E-state index in [1.54, 1.807) is 11.3 Å². The molecule has 2 aromatic heterocycles. The van der Waals surface area contributed by atoms with E-state index in [-0.39, 0.29) is 0 Å². The van der Waals surface area contributed by atoms with Gasteiger partial charge in [0.1, 0.15) is 5.01 Å². The zero-order valence-corrected chi connectivity index (χ0v) is 15.4. The van der Waals surface area contributed by atoms with Gasteiger partial charge in [0.15, 0.2) is 3.95 Å². The molecule has 0 saturated carbocycles. The minimum absolute atomic E-state index is 0.523. The maximum Gasteiger partial charge on any atom is 0.180 e. The van der Waals surface area contributed by atoms with E-state index >= 15 is 0 Å². The summed E-state index contributed by atoms with van der Waals surface area (Å²) in [5, 5.41) is 6.82. The van der Waals surface area contributed by atoms with Gasteiger partial charge in [-0.3, -0.25) is 4.90 Å². The second-order valence-corrected chi connectivity index (χ2v) is 8.85. The molecule has 4 rings (SSSR count). The summed E-state index contributed by atoms with van der Waals surface area (Å²) in [6, 6.07) is 8.41. The Bertz CT molecular complexity index is 846. The molecule has 0 spiro atoms. The van der Waals surface area contributed by atoms with Crippen molar-refractivity contribution in [3.63, 3.8) is 0 Å². The number of nitrogens with zero attached hydrogens (tertiary/aromatic N) is 4. The quantitative estimate of drug-likeness (QED) is 0.646. The van der Waals surface area contributed by atoms with Crippen LogP contribution in [-0.4, -0.2) is 32.8 Å². The van der Waals surface area contributed by atoms with Gasteiger partial charge in [-0.1, -0.05) is 23.5 Å². The van der Waals surface area contributed by atoms with Crippen LogP contribution in [0.25, 0.3) is 10.2 Å². The highest BCUT2D eigenvalue weighted by Gasteiger charge is 2.24. The molecule has 23 heavy (non-hydrogen) atoms. The molecule has 0 N–H and O–H groups in total. The molecule has 0 radical (unpaired) electrons. The minimum atomic E-state index is 0.523. The van der Waals surface area contributed by atoms with Crippen molar-refractivity contribution in [3.8, 4) is 0 Å². The van der Waals surface area contributed by atoms with Crippen molar-refractivity contribution in [3.05, 3.63) is 38.2 Å². The molecule has 1 atom stereocenters. The van der Waals surface area contributed by atoms with Crippen molar-refractivity contribution in [1.29, 1.82) is 0 Å². The molecule has 0 bridgehead atoms. The Kier molecular flexibility index (Phi) is 4.27. The number of aromatic nitrogens is 3. The fourth-order valence-electron chi connectivity index (χ4n) is 3.14. The van der Waals surface area contributed by atoms with Gasteiger partial charge < -0.3 is 0 Å². The molecule has 1 aromatic carbocycles.